The van der Waals surface area contributed by atoms with Gasteiger partial charge >= 0.3 is 0 Å². The van der Waals surface area contributed by atoms with E-state index in [-0.39, 0.29) is 30.4 Å². The van der Waals surface area contributed by atoms with Gasteiger partial charge in [-0.2, -0.15) is 0 Å². The molecule has 1 aliphatic carbocycles. The molecule has 1 aliphatic rings. The zero-order valence-corrected chi connectivity index (χ0v) is 13.4. The van der Waals surface area contributed by atoms with Gasteiger partial charge < -0.3 is 5.32 Å². The van der Waals surface area contributed by atoms with Crippen LogP contribution in [-0.2, 0) is 6.54 Å². The molecule has 0 spiro atoms. The van der Waals surface area contributed by atoms with Crippen molar-refractivity contribution in [2.24, 2.45) is 0 Å². The molecule has 0 atom stereocenters. The summed E-state index contributed by atoms with van der Waals surface area (Å²) in [6, 6.07) is 9.63. The number of carbonyl (C=O) groups excluding carboxylic acids is 3. The summed E-state index contributed by atoms with van der Waals surface area (Å²) in [6.45, 7) is 0.244. The number of hydrogen-bond donors (Lipinski definition) is 1. The summed E-state index contributed by atoms with van der Waals surface area (Å²) in [4.78, 5) is 35.4. The van der Waals surface area contributed by atoms with Crippen LogP contribution in [0.2, 0.25) is 10.0 Å². The van der Waals surface area contributed by atoms with Crippen LogP contribution in [0.3, 0.4) is 0 Å². The Morgan fingerprint density at radius 3 is 2.43 bits per heavy atom. The van der Waals surface area contributed by atoms with Gasteiger partial charge in [0, 0.05) is 23.2 Å². The number of fused-ring (bicyclic) bond motifs is 1. The Balaban J connectivity index is 1.72. The standard InChI is InChI=1S/C17H11Cl2NO3/c18-13-4-2-10(6-14(13)19)17(23)20-8-9-1-3-11-12(5-9)16(22)7-15(11)21/h1-6H,7-8H2,(H,20,23). The summed E-state index contributed by atoms with van der Waals surface area (Å²) in [7, 11) is 0. The first-order valence-corrected chi connectivity index (χ1v) is 7.64. The Morgan fingerprint density at radius 2 is 1.70 bits per heavy atom. The predicted molar refractivity (Wildman–Crippen MR) is 87.4 cm³/mol. The van der Waals surface area contributed by atoms with E-state index in [1.54, 1.807) is 30.3 Å². The molecule has 0 fully saturated rings. The van der Waals surface area contributed by atoms with Gasteiger partial charge in [-0.25, -0.2) is 0 Å². The van der Waals surface area contributed by atoms with Crippen molar-refractivity contribution in [2.75, 3.05) is 0 Å². The van der Waals surface area contributed by atoms with Gasteiger partial charge in [0.05, 0.1) is 16.5 Å². The Hall–Kier alpha value is -2.17. The summed E-state index contributed by atoms with van der Waals surface area (Å²) < 4.78 is 0. The number of rotatable bonds is 3. The summed E-state index contributed by atoms with van der Waals surface area (Å²) in [5, 5.41) is 3.43. The van der Waals surface area contributed by atoms with Gasteiger partial charge in [-0.3, -0.25) is 14.4 Å². The molecule has 0 saturated carbocycles. The largest absolute Gasteiger partial charge is 0.348 e. The fraction of sp³-hybridized carbons (Fsp3) is 0.118. The van der Waals surface area contributed by atoms with Crippen molar-refractivity contribution in [3.8, 4) is 0 Å². The molecule has 116 valence electrons. The monoisotopic (exact) mass is 347 g/mol. The van der Waals surface area contributed by atoms with Crippen molar-refractivity contribution >= 4 is 40.7 Å². The van der Waals surface area contributed by atoms with Crippen LogP contribution in [0.1, 0.15) is 43.1 Å². The van der Waals surface area contributed by atoms with Crippen molar-refractivity contribution < 1.29 is 14.4 Å². The zero-order chi connectivity index (χ0) is 16.6. The second-order valence-corrected chi connectivity index (χ2v) is 6.03. The van der Waals surface area contributed by atoms with Gasteiger partial charge in [0.15, 0.2) is 11.6 Å². The third kappa shape index (κ3) is 3.14. The average molecular weight is 348 g/mol. The molecule has 0 heterocycles. The number of ketones is 2. The number of amides is 1. The van der Waals surface area contributed by atoms with Gasteiger partial charge in [0.1, 0.15) is 0 Å². The third-order valence-corrected chi connectivity index (χ3v) is 4.38. The predicted octanol–water partition coefficient (Wildman–Crippen LogP) is 3.69. The van der Waals surface area contributed by atoms with E-state index in [2.05, 4.69) is 5.32 Å². The third-order valence-electron chi connectivity index (χ3n) is 3.64. The Kier molecular flexibility index (Phi) is 4.20. The van der Waals surface area contributed by atoms with Gasteiger partial charge in [-0.15, -0.1) is 0 Å². The zero-order valence-electron chi connectivity index (χ0n) is 11.9. The maximum atomic E-state index is 12.1. The number of nitrogens with one attached hydrogen (secondary N) is 1. The van der Waals surface area contributed by atoms with Crippen LogP contribution < -0.4 is 5.32 Å². The number of carbonyl (C=O) groups is 3. The molecule has 0 aliphatic heterocycles. The summed E-state index contributed by atoms with van der Waals surface area (Å²) >= 11 is 11.7. The lowest BCUT2D eigenvalue weighted by Crippen LogP contribution is -2.22. The number of halogens is 2. The molecule has 3 rings (SSSR count). The molecule has 6 heteroatoms. The Labute approximate surface area is 142 Å². The minimum Gasteiger partial charge on any atom is -0.348 e. The van der Waals surface area contributed by atoms with Crippen LogP contribution in [0.4, 0.5) is 0 Å². The molecule has 23 heavy (non-hydrogen) atoms. The van der Waals surface area contributed by atoms with Crippen LogP contribution in [-0.4, -0.2) is 17.5 Å². The van der Waals surface area contributed by atoms with E-state index in [1.807, 2.05) is 0 Å². The molecule has 0 radical (unpaired) electrons. The fourth-order valence-electron chi connectivity index (χ4n) is 2.43. The molecule has 2 aromatic carbocycles. The summed E-state index contributed by atoms with van der Waals surface area (Å²) in [5.74, 6) is -0.634. The topological polar surface area (TPSA) is 63.2 Å². The number of hydrogen-bond acceptors (Lipinski definition) is 3. The first kappa shape index (κ1) is 15.7. The Morgan fingerprint density at radius 1 is 0.957 bits per heavy atom. The molecule has 0 bridgehead atoms. The lowest BCUT2D eigenvalue weighted by molar-refractivity contribution is 0.0919. The van der Waals surface area contributed by atoms with E-state index >= 15 is 0 Å². The quantitative estimate of drug-likeness (QED) is 0.861. The minimum absolute atomic E-state index is 0.0750. The minimum atomic E-state index is -0.300. The average Bonchev–Trinajstić information content (AvgIpc) is 2.82. The molecule has 1 amide bonds. The van der Waals surface area contributed by atoms with E-state index in [9.17, 15) is 14.4 Å². The van der Waals surface area contributed by atoms with Crippen molar-refractivity contribution in [3.63, 3.8) is 0 Å². The molecule has 4 nitrogen and oxygen atoms in total. The van der Waals surface area contributed by atoms with Gasteiger partial charge in [0.25, 0.3) is 5.91 Å². The van der Waals surface area contributed by atoms with Crippen LogP contribution in [0.5, 0.6) is 0 Å². The SMILES string of the molecule is O=C(NCc1ccc2c(c1)C(=O)CC2=O)c1ccc(Cl)c(Cl)c1. The van der Waals surface area contributed by atoms with Gasteiger partial charge in [-0.05, 0) is 29.8 Å². The second kappa shape index (κ2) is 6.14. The number of Topliss-reactive ketones (excluding diaryl/α,β-unsaturated/α-hetero) is 2. The van der Waals surface area contributed by atoms with E-state index < -0.39 is 0 Å². The first-order chi connectivity index (χ1) is 11.0. The first-order valence-electron chi connectivity index (χ1n) is 6.88. The highest BCUT2D eigenvalue weighted by atomic mass is 35.5. The lowest BCUT2D eigenvalue weighted by atomic mass is 10.1. The van der Waals surface area contributed by atoms with Crippen molar-refractivity contribution in [2.45, 2.75) is 13.0 Å². The van der Waals surface area contributed by atoms with E-state index in [4.69, 9.17) is 23.2 Å². The van der Waals surface area contributed by atoms with Crippen LogP contribution in [0, 0.1) is 0 Å². The molecule has 0 saturated heterocycles. The van der Waals surface area contributed by atoms with Crippen LogP contribution in [0.15, 0.2) is 36.4 Å². The maximum absolute atomic E-state index is 12.1. The molecular formula is C17H11Cl2NO3. The highest BCUT2D eigenvalue weighted by Gasteiger charge is 2.27. The molecule has 1 N–H and O–H groups in total. The Bertz CT molecular complexity index is 846. The smallest absolute Gasteiger partial charge is 0.251 e. The number of benzene rings is 2. The van der Waals surface area contributed by atoms with Crippen molar-refractivity contribution in [1.29, 1.82) is 0 Å². The highest BCUT2D eigenvalue weighted by Crippen LogP contribution is 2.24. The molecule has 0 aromatic heterocycles. The normalized spacial score (nSPS) is 13.1. The van der Waals surface area contributed by atoms with Gasteiger partial charge in [0.2, 0.25) is 0 Å². The van der Waals surface area contributed by atoms with Crippen LogP contribution in [0.25, 0.3) is 0 Å². The van der Waals surface area contributed by atoms with Crippen molar-refractivity contribution in [1.82, 2.24) is 5.32 Å². The van der Waals surface area contributed by atoms with Gasteiger partial charge in [-0.1, -0.05) is 35.3 Å². The van der Waals surface area contributed by atoms with E-state index in [0.29, 0.717) is 26.7 Å². The van der Waals surface area contributed by atoms with Crippen molar-refractivity contribution in [3.05, 3.63) is 68.7 Å². The fourth-order valence-corrected chi connectivity index (χ4v) is 2.73. The van der Waals surface area contributed by atoms with Crippen LogP contribution >= 0.6 is 23.2 Å². The molecular weight excluding hydrogens is 337 g/mol. The molecule has 2 aromatic rings. The lowest BCUT2D eigenvalue weighted by Gasteiger charge is -2.07. The van der Waals surface area contributed by atoms with E-state index in [1.165, 1.54) is 6.07 Å². The summed E-state index contributed by atoms with van der Waals surface area (Å²) in [6.07, 6.45) is -0.0750. The highest BCUT2D eigenvalue weighted by molar-refractivity contribution is 6.42. The molecule has 0 unspecified atom stereocenters. The maximum Gasteiger partial charge on any atom is 0.251 e. The second-order valence-electron chi connectivity index (χ2n) is 5.21. The van der Waals surface area contributed by atoms with E-state index in [0.717, 1.165) is 5.56 Å². The summed E-state index contributed by atoms with van der Waals surface area (Å²) in [5.41, 5.74) is 2.03.